The highest BCUT2D eigenvalue weighted by Gasteiger charge is 2.25. The molecule has 1 heterocycles. The van der Waals surface area contributed by atoms with Crippen LogP contribution < -0.4 is 4.90 Å². The lowest BCUT2D eigenvalue weighted by Gasteiger charge is -2.29. The van der Waals surface area contributed by atoms with Gasteiger partial charge in [-0.3, -0.25) is 0 Å². The van der Waals surface area contributed by atoms with Crippen LogP contribution in [0.15, 0.2) is 218 Å². The molecule has 1 aromatic heterocycles. The quantitative estimate of drug-likeness (QED) is 0.162. The summed E-state index contributed by atoms with van der Waals surface area (Å²) in [5, 5.41) is 4.83. The van der Waals surface area contributed by atoms with Crippen molar-refractivity contribution in [3.63, 3.8) is 0 Å². The first-order valence-corrected chi connectivity index (χ1v) is 18.5. The summed E-state index contributed by atoms with van der Waals surface area (Å²) >= 11 is 0. The lowest BCUT2D eigenvalue weighted by Crippen LogP contribution is -2.11. The van der Waals surface area contributed by atoms with Crippen LogP contribution in [0.2, 0.25) is 0 Å². The van der Waals surface area contributed by atoms with Crippen LogP contribution in [0.1, 0.15) is 0 Å². The van der Waals surface area contributed by atoms with Crippen LogP contribution in [0.3, 0.4) is 0 Å². The summed E-state index contributed by atoms with van der Waals surface area (Å²) in [7, 11) is 0. The third-order valence-electron chi connectivity index (χ3n) is 10.6. The zero-order chi connectivity index (χ0) is 35.8. The Balaban J connectivity index is 1.32. The third-order valence-corrected chi connectivity index (χ3v) is 10.6. The van der Waals surface area contributed by atoms with E-state index in [1.165, 1.54) is 60.6 Å². The van der Waals surface area contributed by atoms with E-state index in [9.17, 15) is 0 Å². The molecule has 0 aliphatic heterocycles. The molecule has 0 N–H and O–H groups in total. The normalized spacial score (nSPS) is 11.3. The zero-order valence-electron chi connectivity index (χ0n) is 29.7. The van der Waals surface area contributed by atoms with E-state index < -0.39 is 0 Å². The molecule has 2 nitrogen and oxygen atoms in total. The molecule has 0 aliphatic carbocycles. The molecule has 0 saturated carbocycles. The van der Waals surface area contributed by atoms with Gasteiger partial charge in [0.25, 0.3) is 0 Å². The maximum Gasteiger partial charge on any atom is 0.0618 e. The summed E-state index contributed by atoms with van der Waals surface area (Å²) < 4.78 is 2.50. The van der Waals surface area contributed by atoms with E-state index in [0.717, 1.165) is 28.1 Å². The Morgan fingerprint density at radius 3 is 1.54 bits per heavy atom. The molecule has 10 rings (SSSR count). The molecule has 0 bridgehead atoms. The Morgan fingerprint density at radius 1 is 0.333 bits per heavy atom. The smallest absolute Gasteiger partial charge is 0.0618 e. The van der Waals surface area contributed by atoms with Gasteiger partial charge in [0.1, 0.15) is 0 Å². The van der Waals surface area contributed by atoms with Gasteiger partial charge in [-0.25, -0.2) is 0 Å². The summed E-state index contributed by atoms with van der Waals surface area (Å²) in [5.41, 5.74) is 13.9. The van der Waals surface area contributed by atoms with Gasteiger partial charge in [-0.05, 0) is 63.9 Å². The molecule has 0 fully saturated rings. The SMILES string of the molecule is c1ccc(-c2ccccc2N(c2ccc3ccccc3c2)c2cccc3c2c2ccccc2n3-c2c(-c3ccccc3)cccc2-c2ccccc2)cc1. The summed E-state index contributed by atoms with van der Waals surface area (Å²) in [4.78, 5) is 2.47. The average molecular weight is 689 g/mol. The van der Waals surface area contributed by atoms with Crippen LogP contribution >= 0.6 is 0 Å². The number of rotatable bonds is 7. The minimum Gasteiger partial charge on any atom is -0.309 e. The van der Waals surface area contributed by atoms with Gasteiger partial charge in [-0.2, -0.15) is 0 Å². The van der Waals surface area contributed by atoms with Crippen LogP contribution in [0.4, 0.5) is 17.1 Å². The van der Waals surface area contributed by atoms with Gasteiger partial charge in [-0.1, -0.05) is 182 Å². The molecule has 254 valence electrons. The molecule has 10 aromatic rings. The van der Waals surface area contributed by atoms with Gasteiger partial charge in [0.05, 0.1) is 28.1 Å². The molecule has 54 heavy (non-hydrogen) atoms. The summed E-state index contributed by atoms with van der Waals surface area (Å²) in [6.07, 6.45) is 0. The zero-order valence-corrected chi connectivity index (χ0v) is 29.7. The first-order valence-electron chi connectivity index (χ1n) is 18.5. The van der Waals surface area contributed by atoms with E-state index in [4.69, 9.17) is 0 Å². The monoisotopic (exact) mass is 688 g/mol. The lowest BCUT2D eigenvalue weighted by atomic mass is 9.95. The fraction of sp³-hybridized carbons (Fsp3) is 0. The van der Waals surface area contributed by atoms with E-state index in [1.807, 2.05) is 0 Å². The highest BCUT2D eigenvalue weighted by Crippen LogP contribution is 2.48. The highest BCUT2D eigenvalue weighted by molar-refractivity contribution is 6.18. The van der Waals surface area contributed by atoms with Crippen molar-refractivity contribution in [2.75, 3.05) is 4.90 Å². The van der Waals surface area contributed by atoms with E-state index in [0.29, 0.717) is 0 Å². The molecular formula is C52H36N2. The Kier molecular flexibility index (Phi) is 7.85. The van der Waals surface area contributed by atoms with Crippen molar-refractivity contribution in [2.24, 2.45) is 0 Å². The van der Waals surface area contributed by atoms with Crippen LogP contribution in [0.5, 0.6) is 0 Å². The molecule has 0 amide bonds. The van der Waals surface area contributed by atoms with Crippen molar-refractivity contribution in [3.05, 3.63) is 218 Å². The fourth-order valence-corrected chi connectivity index (χ4v) is 8.17. The predicted octanol–water partition coefficient (Wildman–Crippen LogP) is 14.4. The predicted molar refractivity (Wildman–Crippen MR) is 229 cm³/mol. The first kappa shape index (κ1) is 31.6. The Morgan fingerprint density at radius 2 is 0.833 bits per heavy atom. The molecule has 0 aliphatic rings. The van der Waals surface area contributed by atoms with Crippen molar-refractivity contribution >= 4 is 49.6 Å². The number of nitrogens with zero attached hydrogens (tertiary/aromatic N) is 2. The van der Waals surface area contributed by atoms with Crippen molar-refractivity contribution in [1.82, 2.24) is 4.57 Å². The molecule has 0 spiro atoms. The van der Waals surface area contributed by atoms with Crippen LogP contribution in [-0.2, 0) is 0 Å². The second-order valence-electron chi connectivity index (χ2n) is 13.7. The van der Waals surface area contributed by atoms with Gasteiger partial charge in [0.2, 0.25) is 0 Å². The molecule has 2 heteroatoms. The molecule has 0 atom stereocenters. The standard InChI is InChI=1S/C52H36N2/c1-4-19-38(20-5-1)43-26-12-14-30-47(43)53(42-35-34-37-18-10-11-25-41(37)36-42)49-32-17-33-50-51(49)46-27-13-15-31-48(46)54(50)52-44(39-21-6-2-7-22-39)28-16-29-45(52)40-23-8-3-9-24-40/h1-36H. The van der Waals surface area contributed by atoms with Crippen LogP contribution in [-0.4, -0.2) is 4.57 Å². The van der Waals surface area contributed by atoms with Gasteiger partial charge in [-0.15, -0.1) is 0 Å². The van der Waals surface area contributed by atoms with Gasteiger partial charge in [0.15, 0.2) is 0 Å². The first-order chi connectivity index (χ1) is 26.8. The van der Waals surface area contributed by atoms with Gasteiger partial charge >= 0.3 is 0 Å². The van der Waals surface area contributed by atoms with Crippen molar-refractivity contribution in [3.8, 4) is 39.1 Å². The minimum absolute atomic E-state index is 1.11. The number of benzene rings is 9. The summed E-state index contributed by atoms with van der Waals surface area (Å²) in [6.45, 7) is 0. The van der Waals surface area contributed by atoms with Crippen molar-refractivity contribution in [1.29, 1.82) is 0 Å². The summed E-state index contributed by atoms with van der Waals surface area (Å²) in [5.74, 6) is 0. The third kappa shape index (κ3) is 5.36. The number of hydrogen-bond donors (Lipinski definition) is 0. The Hall–Kier alpha value is -7.16. The molecule has 0 unspecified atom stereocenters. The average Bonchev–Trinajstić information content (AvgIpc) is 3.59. The molecule has 9 aromatic carbocycles. The van der Waals surface area contributed by atoms with E-state index in [1.54, 1.807) is 0 Å². The summed E-state index contributed by atoms with van der Waals surface area (Å²) in [6, 6.07) is 78.9. The highest BCUT2D eigenvalue weighted by atomic mass is 15.2. The van der Waals surface area contributed by atoms with Gasteiger partial charge in [0, 0.05) is 33.2 Å². The van der Waals surface area contributed by atoms with Crippen LogP contribution in [0.25, 0.3) is 71.6 Å². The maximum atomic E-state index is 2.50. The topological polar surface area (TPSA) is 8.17 Å². The largest absolute Gasteiger partial charge is 0.309 e. The van der Waals surface area contributed by atoms with Crippen molar-refractivity contribution < 1.29 is 0 Å². The number of hydrogen-bond acceptors (Lipinski definition) is 1. The fourth-order valence-electron chi connectivity index (χ4n) is 8.17. The van der Waals surface area contributed by atoms with E-state index in [2.05, 4.69) is 228 Å². The van der Waals surface area contributed by atoms with E-state index in [-0.39, 0.29) is 0 Å². The maximum absolute atomic E-state index is 2.50. The Labute approximate surface area is 315 Å². The number of anilines is 3. The molecule has 0 radical (unpaired) electrons. The number of aromatic nitrogens is 1. The second kappa shape index (κ2) is 13.4. The van der Waals surface area contributed by atoms with E-state index >= 15 is 0 Å². The molecular weight excluding hydrogens is 653 g/mol. The number of fused-ring (bicyclic) bond motifs is 4. The lowest BCUT2D eigenvalue weighted by molar-refractivity contribution is 1.18. The Bertz CT molecular complexity index is 2870. The van der Waals surface area contributed by atoms with Crippen molar-refractivity contribution in [2.45, 2.75) is 0 Å². The van der Waals surface area contributed by atoms with Gasteiger partial charge < -0.3 is 9.47 Å². The molecule has 0 saturated heterocycles. The second-order valence-corrected chi connectivity index (χ2v) is 13.7. The number of para-hydroxylation sites is 3. The minimum atomic E-state index is 1.11. The van der Waals surface area contributed by atoms with Crippen LogP contribution in [0, 0.1) is 0 Å².